The first-order valence-electron chi connectivity index (χ1n) is 9.39. The normalized spacial score (nSPS) is 20.1. The number of ether oxygens (including phenoxy) is 1. The zero-order valence-corrected chi connectivity index (χ0v) is 15.7. The van der Waals surface area contributed by atoms with E-state index in [-0.39, 0.29) is 17.7 Å². The molecule has 0 aliphatic carbocycles. The maximum Gasteiger partial charge on any atom is 0.271 e. The number of carbonyl (C=O) groups excluding carboxylic acids is 2. The number of carbonyl (C=O) groups is 2. The molecule has 8 nitrogen and oxygen atoms in total. The van der Waals surface area contributed by atoms with Crippen molar-refractivity contribution in [3.8, 4) is 0 Å². The summed E-state index contributed by atoms with van der Waals surface area (Å²) in [5.74, 6) is 0.0450. The zero-order chi connectivity index (χ0) is 18.5. The molecule has 144 valence electrons. The number of nitrogens with one attached hydrogen (secondary N) is 1. The molecule has 0 saturated carbocycles. The SMILES string of the molecule is CN(C)CCCNC(=O)c1ncn2c1CCC(C(=O)N1CCOCC1)C2. The molecule has 0 radical (unpaired) electrons. The van der Waals surface area contributed by atoms with Crippen LogP contribution < -0.4 is 5.32 Å². The van der Waals surface area contributed by atoms with E-state index in [0.717, 1.165) is 25.1 Å². The van der Waals surface area contributed by atoms with E-state index in [1.165, 1.54) is 0 Å². The largest absolute Gasteiger partial charge is 0.378 e. The predicted molar refractivity (Wildman–Crippen MR) is 96.9 cm³/mol. The number of nitrogens with zero attached hydrogens (tertiary/aromatic N) is 4. The second-order valence-electron chi connectivity index (χ2n) is 7.28. The Hall–Kier alpha value is -1.93. The summed E-state index contributed by atoms with van der Waals surface area (Å²) in [6, 6.07) is 0. The van der Waals surface area contributed by atoms with Gasteiger partial charge in [-0.3, -0.25) is 9.59 Å². The molecule has 0 bridgehead atoms. The molecular formula is C18H29N5O3. The number of hydrogen-bond acceptors (Lipinski definition) is 5. The molecule has 1 N–H and O–H groups in total. The Morgan fingerprint density at radius 2 is 2.12 bits per heavy atom. The average Bonchev–Trinajstić information content (AvgIpc) is 3.08. The highest BCUT2D eigenvalue weighted by atomic mass is 16.5. The summed E-state index contributed by atoms with van der Waals surface area (Å²) in [7, 11) is 4.03. The van der Waals surface area contributed by atoms with E-state index in [2.05, 4.69) is 15.2 Å². The van der Waals surface area contributed by atoms with Crippen LogP contribution in [0.25, 0.3) is 0 Å². The van der Waals surface area contributed by atoms with Crippen LogP contribution in [0.3, 0.4) is 0 Å². The second-order valence-corrected chi connectivity index (χ2v) is 7.28. The molecule has 1 aromatic rings. The summed E-state index contributed by atoms with van der Waals surface area (Å²) < 4.78 is 7.29. The molecule has 0 spiro atoms. The number of imidazole rings is 1. The van der Waals surface area contributed by atoms with Gasteiger partial charge in [0, 0.05) is 26.2 Å². The van der Waals surface area contributed by atoms with Crippen molar-refractivity contribution in [2.24, 2.45) is 5.92 Å². The lowest BCUT2D eigenvalue weighted by Gasteiger charge is -2.32. The lowest BCUT2D eigenvalue weighted by Crippen LogP contribution is -2.45. The van der Waals surface area contributed by atoms with Gasteiger partial charge in [0.15, 0.2) is 0 Å². The van der Waals surface area contributed by atoms with Crippen LogP contribution in [0.15, 0.2) is 6.33 Å². The first-order valence-corrected chi connectivity index (χ1v) is 9.39. The van der Waals surface area contributed by atoms with E-state index in [1.54, 1.807) is 6.33 Å². The topological polar surface area (TPSA) is 79.7 Å². The van der Waals surface area contributed by atoms with Crippen molar-refractivity contribution in [2.75, 3.05) is 53.5 Å². The Labute approximate surface area is 154 Å². The van der Waals surface area contributed by atoms with Gasteiger partial charge in [-0.05, 0) is 39.9 Å². The summed E-state index contributed by atoms with van der Waals surface area (Å²) in [5, 5.41) is 2.95. The quantitative estimate of drug-likeness (QED) is 0.719. The monoisotopic (exact) mass is 363 g/mol. The summed E-state index contributed by atoms with van der Waals surface area (Å²) in [6.07, 6.45) is 4.08. The molecule has 3 rings (SSSR count). The van der Waals surface area contributed by atoms with Crippen molar-refractivity contribution < 1.29 is 14.3 Å². The van der Waals surface area contributed by atoms with Crippen LogP contribution in [0.5, 0.6) is 0 Å². The van der Waals surface area contributed by atoms with Crippen LogP contribution in [0.2, 0.25) is 0 Å². The molecule has 1 saturated heterocycles. The van der Waals surface area contributed by atoms with Gasteiger partial charge in [-0.25, -0.2) is 4.98 Å². The minimum atomic E-state index is -0.115. The highest BCUT2D eigenvalue weighted by molar-refractivity contribution is 5.93. The molecular weight excluding hydrogens is 334 g/mol. The fourth-order valence-corrected chi connectivity index (χ4v) is 3.58. The van der Waals surface area contributed by atoms with E-state index < -0.39 is 0 Å². The fourth-order valence-electron chi connectivity index (χ4n) is 3.58. The van der Waals surface area contributed by atoms with Gasteiger partial charge in [-0.2, -0.15) is 0 Å². The number of morpholine rings is 1. The molecule has 26 heavy (non-hydrogen) atoms. The van der Waals surface area contributed by atoms with Gasteiger partial charge in [-0.1, -0.05) is 0 Å². The van der Waals surface area contributed by atoms with Crippen LogP contribution in [0.4, 0.5) is 0 Å². The second kappa shape index (κ2) is 8.64. The van der Waals surface area contributed by atoms with Gasteiger partial charge in [0.2, 0.25) is 5.91 Å². The van der Waals surface area contributed by atoms with Crippen LogP contribution in [-0.2, 0) is 22.5 Å². The van der Waals surface area contributed by atoms with E-state index in [4.69, 9.17) is 4.74 Å². The van der Waals surface area contributed by atoms with Crippen molar-refractivity contribution in [3.05, 3.63) is 17.7 Å². The Morgan fingerprint density at radius 1 is 1.35 bits per heavy atom. The summed E-state index contributed by atoms with van der Waals surface area (Å²) in [5.41, 5.74) is 1.45. The van der Waals surface area contributed by atoms with Crippen LogP contribution >= 0.6 is 0 Å². The third-order valence-electron chi connectivity index (χ3n) is 5.05. The first kappa shape index (κ1) is 18.8. The Balaban J connectivity index is 1.56. The molecule has 2 aliphatic heterocycles. The first-order chi connectivity index (χ1) is 12.6. The minimum Gasteiger partial charge on any atom is -0.378 e. The van der Waals surface area contributed by atoms with Crippen molar-refractivity contribution >= 4 is 11.8 Å². The highest BCUT2D eigenvalue weighted by Gasteiger charge is 2.31. The molecule has 1 aromatic heterocycles. The molecule has 3 heterocycles. The zero-order valence-electron chi connectivity index (χ0n) is 15.7. The molecule has 2 amide bonds. The lowest BCUT2D eigenvalue weighted by atomic mass is 9.95. The average molecular weight is 363 g/mol. The summed E-state index contributed by atoms with van der Waals surface area (Å²) in [6.45, 7) is 4.76. The fraction of sp³-hybridized carbons (Fsp3) is 0.722. The van der Waals surface area contributed by atoms with Gasteiger partial charge in [0.1, 0.15) is 5.69 Å². The molecule has 8 heteroatoms. The van der Waals surface area contributed by atoms with E-state index in [0.29, 0.717) is 51.5 Å². The van der Waals surface area contributed by atoms with Crippen molar-refractivity contribution in [1.82, 2.24) is 24.7 Å². The maximum absolute atomic E-state index is 12.7. The molecule has 1 unspecified atom stereocenters. The van der Waals surface area contributed by atoms with Gasteiger partial charge < -0.3 is 24.4 Å². The number of amides is 2. The van der Waals surface area contributed by atoms with Gasteiger partial charge in [0.05, 0.1) is 31.2 Å². The van der Waals surface area contributed by atoms with Crippen LogP contribution in [-0.4, -0.2) is 84.7 Å². The number of rotatable bonds is 6. The third-order valence-corrected chi connectivity index (χ3v) is 5.05. The number of aromatic nitrogens is 2. The Bertz CT molecular complexity index is 637. The smallest absolute Gasteiger partial charge is 0.271 e. The third kappa shape index (κ3) is 4.42. The Morgan fingerprint density at radius 3 is 2.85 bits per heavy atom. The molecule has 1 atom stereocenters. The van der Waals surface area contributed by atoms with Gasteiger partial charge >= 0.3 is 0 Å². The van der Waals surface area contributed by atoms with Crippen LogP contribution in [0.1, 0.15) is 29.0 Å². The van der Waals surface area contributed by atoms with E-state index in [9.17, 15) is 9.59 Å². The van der Waals surface area contributed by atoms with E-state index >= 15 is 0 Å². The standard InChI is InChI=1S/C18H29N5O3/c1-21(2)7-3-6-19-17(24)16-15-5-4-14(12-23(15)13-20-16)18(25)22-8-10-26-11-9-22/h13-14H,3-12H2,1-2H3,(H,19,24). The van der Waals surface area contributed by atoms with Crippen molar-refractivity contribution in [2.45, 2.75) is 25.8 Å². The Kier molecular flexibility index (Phi) is 6.26. The number of fused-ring (bicyclic) bond motifs is 1. The van der Waals surface area contributed by atoms with Crippen LogP contribution in [0, 0.1) is 5.92 Å². The minimum absolute atomic E-state index is 0.0363. The highest BCUT2D eigenvalue weighted by Crippen LogP contribution is 2.24. The lowest BCUT2D eigenvalue weighted by molar-refractivity contribution is -0.140. The predicted octanol–water partition coefficient (Wildman–Crippen LogP) is -0.0142. The molecule has 1 fully saturated rings. The summed E-state index contributed by atoms with van der Waals surface area (Å²) in [4.78, 5) is 33.4. The van der Waals surface area contributed by atoms with Crippen molar-refractivity contribution in [1.29, 1.82) is 0 Å². The van der Waals surface area contributed by atoms with Crippen molar-refractivity contribution in [3.63, 3.8) is 0 Å². The van der Waals surface area contributed by atoms with Gasteiger partial charge in [0.25, 0.3) is 5.91 Å². The summed E-state index contributed by atoms with van der Waals surface area (Å²) >= 11 is 0. The number of hydrogen-bond donors (Lipinski definition) is 1. The van der Waals surface area contributed by atoms with Gasteiger partial charge in [-0.15, -0.1) is 0 Å². The molecule has 0 aromatic carbocycles. The molecule has 2 aliphatic rings. The maximum atomic E-state index is 12.7. The van der Waals surface area contributed by atoms with E-state index in [1.807, 2.05) is 23.6 Å².